The Balaban J connectivity index is 1.49. The molecule has 1 aliphatic carbocycles. The third-order valence-corrected chi connectivity index (χ3v) is 4.82. The number of carboxylic acid groups (broad SMARTS) is 1. The Labute approximate surface area is 156 Å². The smallest absolute Gasteiger partial charge is 0.306 e. The van der Waals surface area contributed by atoms with Gasteiger partial charge < -0.3 is 20.2 Å². The lowest BCUT2D eigenvalue weighted by Gasteiger charge is -2.25. The molecule has 2 unspecified atom stereocenters. The average Bonchev–Trinajstić information content (AvgIpc) is 3.22. The van der Waals surface area contributed by atoms with Gasteiger partial charge in [0, 0.05) is 18.2 Å². The molecule has 2 atom stereocenters. The van der Waals surface area contributed by atoms with E-state index in [0.717, 1.165) is 18.4 Å². The molecular formula is C20H22N2O5. The Kier molecular flexibility index (Phi) is 5.90. The minimum absolute atomic E-state index is 0.101. The van der Waals surface area contributed by atoms with Crippen molar-refractivity contribution in [2.45, 2.75) is 32.2 Å². The number of amides is 2. The van der Waals surface area contributed by atoms with Crippen LogP contribution in [0.1, 0.15) is 41.8 Å². The maximum atomic E-state index is 12.3. The molecule has 1 saturated carbocycles. The summed E-state index contributed by atoms with van der Waals surface area (Å²) in [6.45, 7) is 0.361. The second-order valence-electron chi connectivity index (χ2n) is 6.74. The van der Waals surface area contributed by atoms with Gasteiger partial charge in [0.05, 0.1) is 12.2 Å². The summed E-state index contributed by atoms with van der Waals surface area (Å²) in [7, 11) is 0. The largest absolute Gasteiger partial charge is 0.481 e. The van der Waals surface area contributed by atoms with E-state index in [9.17, 15) is 14.4 Å². The van der Waals surface area contributed by atoms with Gasteiger partial charge >= 0.3 is 5.97 Å². The first-order valence-corrected chi connectivity index (χ1v) is 8.97. The molecule has 1 heterocycles. The first kappa shape index (κ1) is 18.7. The van der Waals surface area contributed by atoms with E-state index in [1.54, 1.807) is 24.3 Å². The summed E-state index contributed by atoms with van der Waals surface area (Å²) < 4.78 is 5.04. The van der Waals surface area contributed by atoms with Crippen LogP contribution >= 0.6 is 0 Å². The third-order valence-electron chi connectivity index (χ3n) is 4.82. The lowest BCUT2D eigenvalue weighted by Crippen LogP contribution is -2.35. The topological polar surface area (TPSA) is 109 Å². The van der Waals surface area contributed by atoms with Crippen LogP contribution in [0.5, 0.6) is 0 Å². The monoisotopic (exact) mass is 370 g/mol. The summed E-state index contributed by atoms with van der Waals surface area (Å²) in [5.74, 6) is -1.68. The Hall–Kier alpha value is -3.09. The summed E-state index contributed by atoms with van der Waals surface area (Å²) in [5.41, 5.74) is 1.52. The number of nitrogens with one attached hydrogen (secondary N) is 2. The molecule has 2 aromatic rings. The predicted octanol–water partition coefficient (Wildman–Crippen LogP) is 3.04. The zero-order valence-electron chi connectivity index (χ0n) is 14.8. The van der Waals surface area contributed by atoms with Crippen molar-refractivity contribution >= 4 is 23.5 Å². The number of carbonyl (C=O) groups excluding carboxylic acids is 2. The Morgan fingerprint density at radius 2 is 1.81 bits per heavy atom. The molecule has 0 radical (unpaired) electrons. The van der Waals surface area contributed by atoms with Crippen molar-refractivity contribution < 1.29 is 23.9 Å². The fourth-order valence-electron chi connectivity index (χ4n) is 3.29. The van der Waals surface area contributed by atoms with Crippen molar-refractivity contribution in [2.75, 3.05) is 5.32 Å². The van der Waals surface area contributed by atoms with E-state index in [4.69, 9.17) is 9.52 Å². The van der Waals surface area contributed by atoms with E-state index in [1.807, 2.05) is 12.1 Å². The van der Waals surface area contributed by atoms with Gasteiger partial charge in [0.2, 0.25) is 5.91 Å². The molecule has 0 spiro atoms. The van der Waals surface area contributed by atoms with Crippen molar-refractivity contribution in [1.29, 1.82) is 0 Å². The first-order valence-electron chi connectivity index (χ1n) is 8.97. The second kappa shape index (κ2) is 8.53. The molecule has 142 valence electrons. The van der Waals surface area contributed by atoms with Gasteiger partial charge in [0.1, 0.15) is 0 Å². The molecule has 3 rings (SSSR count). The van der Waals surface area contributed by atoms with Crippen LogP contribution in [0.25, 0.3) is 0 Å². The van der Waals surface area contributed by atoms with Crippen LogP contribution < -0.4 is 10.6 Å². The Morgan fingerprint density at radius 3 is 2.48 bits per heavy atom. The molecule has 7 heteroatoms. The van der Waals surface area contributed by atoms with E-state index >= 15 is 0 Å². The molecule has 0 saturated heterocycles. The van der Waals surface area contributed by atoms with Crippen molar-refractivity contribution in [2.24, 2.45) is 11.8 Å². The van der Waals surface area contributed by atoms with Crippen LogP contribution in [0, 0.1) is 11.8 Å². The third kappa shape index (κ3) is 4.97. The van der Waals surface area contributed by atoms with Gasteiger partial charge in [0.25, 0.3) is 5.91 Å². The summed E-state index contributed by atoms with van der Waals surface area (Å²) in [5, 5.41) is 14.7. The van der Waals surface area contributed by atoms with Gasteiger partial charge in [-0.25, -0.2) is 0 Å². The van der Waals surface area contributed by atoms with Crippen molar-refractivity contribution in [3.63, 3.8) is 0 Å². The molecule has 3 N–H and O–H groups in total. The molecule has 1 aromatic carbocycles. The fourth-order valence-corrected chi connectivity index (χ4v) is 3.29. The zero-order chi connectivity index (χ0) is 19.2. The van der Waals surface area contributed by atoms with Crippen molar-refractivity contribution in [3.8, 4) is 0 Å². The fraction of sp³-hybridized carbons (Fsp3) is 0.350. The lowest BCUT2D eigenvalue weighted by atomic mass is 9.81. The summed E-state index contributed by atoms with van der Waals surface area (Å²) in [4.78, 5) is 35.4. The zero-order valence-corrected chi connectivity index (χ0v) is 14.8. The predicted molar refractivity (Wildman–Crippen MR) is 98.0 cm³/mol. The molecule has 2 amide bonds. The minimum atomic E-state index is -0.820. The molecule has 7 nitrogen and oxygen atoms in total. The van der Waals surface area contributed by atoms with Crippen LogP contribution in [0.15, 0.2) is 47.1 Å². The average molecular weight is 370 g/mol. The lowest BCUT2D eigenvalue weighted by molar-refractivity contribution is -0.144. The van der Waals surface area contributed by atoms with E-state index in [2.05, 4.69) is 10.6 Å². The van der Waals surface area contributed by atoms with E-state index < -0.39 is 11.9 Å². The van der Waals surface area contributed by atoms with Crippen molar-refractivity contribution in [1.82, 2.24) is 5.32 Å². The highest BCUT2D eigenvalue weighted by Gasteiger charge is 2.30. The van der Waals surface area contributed by atoms with Crippen LogP contribution in [-0.2, 0) is 16.1 Å². The Bertz CT molecular complexity index is 798. The molecule has 0 bridgehead atoms. The normalized spacial score (nSPS) is 19.3. The van der Waals surface area contributed by atoms with Crippen LogP contribution in [0.4, 0.5) is 5.69 Å². The quantitative estimate of drug-likeness (QED) is 0.724. The maximum absolute atomic E-state index is 12.3. The summed E-state index contributed by atoms with van der Waals surface area (Å²) in [6, 6.07) is 10.4. The van der Waals surface area contributed by atoms with Crippen LogP contribution in [-0.4, -0.2) is 22.9 Å². The van der Waals surface area contributed by atoms with E-state index in [1.165, 1.54) is 6.26 Å². The molecule has 1 aliphatic rings. The number of anilines is 1. The van der Waals surface area contributed by atoms with Gasteiger partial charge in [0.15, 0.2) is 5.76 Å². The highest BCUT2D eigenvalue weighted by atomic mass is 16.4. The molecule has 0 aliphatic heterocycles. The highest BCUT2D eigenvalue weighted by Crippen LogP contribution is 2.29. The second-order valence-corrected chi connectivity index (χ2v) is 6.74. The molecule has 1 fully saturated rings. The van der Waals surface area contributed by atoms with Gasteiger partial charge in [-0.15, -0.1) is 0 Å². The van der Waals surface area contributed by atoms with Gasteiger partial charge in [-0.2, -0.15) is 0 Å². The van der Waals surface area contributed by atoms with Crippen LogP contribution in [0.2, 0.25) is 0 Å². The molecule has 1 aromatic heterocycles. The van der Waals surface area contributed by atoms with Crippen molar-refractivity contribution in [3.05, 3.63) is 54.0 Å². The maximum Gasteiger partial charge on any atom is 0.306 e. The standard InChI is InChI=1S/C20H22N2O5/c23-18(14-3-1-4-15(11-14)20(25)26)21-12-13-6-8-16(9-7-13)22-19(24)17-5-2-10-27-17/h2,5-10,14-15H,1,3-4,11-12H2,(H,21,23)(H,22,24)(H,25,26). The first-order chi connectivity index (χ1) is 13.0. The number of hydrogen-bond donors (Lipinski definition) is 3. The number of carboxylic acids is 1. The molecule has 27 heavy (non-hydrogen) atoms. The van der Waals surface area contributed by atoms with E-state index in [-0.39, 0.29) is 23.5 Å². The number of furan rings is 1. The summed E-state index contributed by atoms with van der Waals surface area (Å²) in [6.07, 6.45) is 3.97. The van der Waals surface area contributed by atoms with E-state index in [0.29, 0.717) is 25.1 Å². The molecular weight excluding hydrogens is 348 g/mol. The number of rotatable bonds is 6. The Morgan fingerprint density at radius 1 is 1.07 bits per heavy atom. The van der Waals surface area contributed by atoms with Gasteiger partial charge in [-0.1, -0.05) is 18.6 Å². The number of carbonyl (C=O) groups is 3. The number of benzene rings is 1. The number of aliphatic carboxylic acids is 1. The van der Waals surface area contributed by atoms with Crippen LogP contribution in [0.3, 0.4) is 0 Å². The van der Waals surface area contributed by atoms with Gasteiger partial charge in [-0.05, 0) is 49.1 Å². The highest BCUT2D eigenvalue weighted by molar-refractivity contribution is 6.02. The SMILES string of the molecule is O=C(Nc1ccc(CNC(=O)C2CCCC(C(=O)O)C2)cc1)c1ccco1. The number of hydrogen-bond acceptors (Lipinski definition) is 4. The minimum Gasteiger partial charge on any atom is -0.481 e. The summed E-state index contributed by atoms with van der Waals surface area (Å²) >= 11 is 0. The van der Waals surface area contributed by atoms with Gasteiger partial charge in [-0.3, -0.25) is 14.4 Å².